The van der Waals surface area contributed by atoms with Crippen LogP contribution in [0.1, 0.15) is 16.8 Å². The fraction of sp³-hybridized carbons (Fsp3) is 0.105. The predicted molar refractivity (Wildman–Crippen MR) is 94.4 cm³/mol. The Morgan fingerprint density at radius 3 is 2.80 bits per heavy atom. The molecule has 0 fully saturated rings. The van der Waals surface area contributed by atoms with Crippen molar-refractivity contribution in [2.75, 3.05) is 5.32 Å². The number of nitrogens with one attached hydrogen (secondary N) is 1. The zero-order valence-corrected chi connectivity index (χ0v) is 13.7. The normalized spacial score (nSPS) is 11.0. The van der Waals surface area contributed by atoms with Crippen LogP contribution in [0.4, 0.5) is 10.1 Å². The highest BCUT2D eigenvalue weighted by Crippen LogP contribution is 2.13. The van der Waals surface area contributed by atoms with E-state index in [0.717, 1.165) is 5.56 Å². The molecule has 5 nitrogen and oxygen atoms in total. The summed E-state index contributed by atoms with van der Waals surface area (Å²) in [5, 5.41) is 10.6. The number of carbonyl (C=O) groups excluding carboxylic acids is 1. The van der Waals surface area contributed by atoms with Gasteiger partial charge in [-0.1, -0.05) is 41.6 Å². The van der Waals surface area contributed by atoms with Gasteiger partial charge >= 0.3 is 0 Å². The molecular formula is C19H17FN4O. The summed E-state index contributed by atoms with van der Waals surface area (Å²) in [7, 11) is 0. The van der Waals surface area contributed by atoms with Crippen LogP contribution in [0.15, 0.2) is 60.8 Å². The van der Waals surface area contributed by atoms with Crippen LogP contribution in [0, 0.1) is 12.7 Å². The van der Waals surface area contributed by atoms with Crippen molar-refractivity contribution < 1.29 is 9.18 Å². The first kappa shape index (κ1) is 16.6. The Kier molecular flexibility index (Phi) is 4.99. The molecule has 0 radical (unpaired) electrons. The monoisotopic (exact) mass is 336 g/mol. The Balaban J connectivity index is 1.60. The summed E-state index contributed by atoms with van der Waals surface area (Å²) in [6.07, 6.45) is 4.66. The van der Waals surface area contributed by atoms with E-state index in [0.29, 0.717) is 23.5 Å². The lowest BCUT2D eigenvalue weighted by molar-refractivity contribution is -0.111. The molecule has 0 bridgehead atoms. The highest BCUT2D eigenvalue weighted by Gasteiger charge is 2.03. The molecule has 0 saturated heterocycles. The van der Waals surface area contributed by atoms with Crippen molar-refractivity contribution >= 4 is 17.7 Å². The van der Waals surface area contributed by atoms with Gasteiger partial charge in [0.25, 0.3) is 0 Å². The third kappa shape index (κ3) is 4.60. The molecule has 1 amide bonds. The number of aryl methyl sites for hydroxylation is 1. The van der Waals surface area contributed by atoms with Crippen molar-refractivity contribution in [2.45, 2.75) is 13.5 Å². The van der Waals surface area contributed by atoms with Gasteiger partial charge in [-0.25, -0.2) is 9.07 Å². The minimum absolute atomic E-state index is 0.356. The Morgan fingerprint density at radius 1 is 1.24 bits per heavy atom. The van der Waals surface area contributed by atoms with E-state index < -0.39 is 0 Å². The second kappa shape index (κ2) is 7.53. The molecule has 0 saturated carbocycles. The van der Waals surface area contributed by atoms with Crippen molar-refractivity contribution in [3.8, 4) is 0 Å². The Labute approximate surface area is 144 Å². The van der Waals surface area contributed by atoms with Crippen molar-refractivity contribution in [2.24, 2.45) is 0 Å². The average molecular weight is 336 g/mol. The maximum atomic E-state index is 13.5. The molecule has 0 aliphatic carbocycles. The standard InChI is InChI=1S/C19H17FN4O/c1-14-7-8-16(11-18(14)20)21-19(25)10-9-17-13-24(23-22-17)12-15-5-3-2-4-6-15/h2-11,13H,12H2,1H3,(H,21,25)/b10-9+. The average Bonchev–Trinajstić information content (AvgIpc) is 3.05. The van der Waals surface area contributed by atoms with E-state index in [9.17, 15) is 9.18 Å². The van der Waals surface area contributed by atoms with Crippen LogP contribution in [0.2, 0.25) is 0 Å². The van der Waals surface area contributed by atoms with Crippen LogP contribution in [0.3, 0.4) is 0 Å². The second-order valence-electron chi connectivity index (χ2n) is 5.61. The summed E-state index contributed by atoms with van der Waals surface area (Å²) in [6, 6.07) is 14.5. The van der Waals surface area contributed by atoms with Crippen molar-refractivity contribution in [3.05, 3.63) is 83.4 Å². The Bertz CT molecular complexity index is 903. The lowest BCUT2D eigenvalue weighted by atomic mass is 10.2. The fourth-order valence-electron chi connectivity index (χ4n) is 2.25. The number of benzene rings is 2. The number of hydrogen-bond donors (Lipinski definition) is 1. The SMILES string of the molecule is Cc1ccc(NC(=O)/C=C/c2cn(Cc3ccccc3)nn2)cc1F. The third-order valence-electron chi connectivity index (χ3n) is 3.59. The van der Waals surface area contributed by atoms with Gasteiger partial charge in [0.05, 0.1) is 12.7 Å². The van der Waals surface area contributed by atoms with E-state index in [1.165, 1.54) is 12.1 Å². The maximum absolute atomic E-state index is 13.5. The van der Waals surface area contributed by atoms with E-state index in [-0.39, 0.29) is 11.7 Å². The summed E-state index contributed by atoms with van der Waals surface area (Å²) in [5.41, 5.74) is 2.62. The zero-order chi connectivity index (χ0) is 17.6. The van der Waals surface area contributed by atoms with Crippen LogP contribution < -0.4 is 5.32 Å². The highest BCUT2D eigenvalue weighted by atomic mass is 19.1. The molecule has 25 heavy (non-hydrogen) atoms. The lowest BCUT2D eigenvalue weighted by Gasteiger charge is -2.03. The molecular weight excluding hydrogens is 319 g/mol. The maximum Gasteiger partial charge on any atom is 0.248 e. The number of carbonyl (C=O) groups is 1. The van der Waals surface area contributed by atoms with Gasteiger partial charge in [-0.15, -0.1) is 5.10 Å². The number of halogens is 1. The molecule has 0 aliphatic heterocycles. The van der Waals surface area contributed by atoms with Gasteiger partial charge in [-0.2, -0.15) is 0 Å². The molecule has 2 aromatic carbocycles. The van der Waals surface area contributed by atoms with Crippen LogP contribution in [0.25, 0.3) is 6.08 Å². The van der Waals surface area contributed by atoms with Gasteiger partial charge in [0.15, 0.2) is 0 Å². The van der Waals surface area contributed by atoms with E-state index in [2.05, 4.69) is 15.6 Å². The molecule has 1 heterocycles. The summed E-state index contributed by atoms with van der Waals surface area (Å²) < 4.78 is 15.2. The third-order valence-corrected chi connectivity index (χ3v) is 3.59. The molecule has 0 aliphatic rings. The summed E-state index contributed by atoms with van der Waals surface area (Å²) >= 11 is 0. The van der Waals surface area contributed by atoms with Gasteiger partial charge in [0.2, 0.25) is 5.91 Å². The van der Waals surface area contributed by atoms with E-state index >= 15 is 0 Å². The summed E-state index contributed by atoms with van der Waals surface area (Å²) in [6.45, 7) is 2.27. The van der Waals surface area contributed by atoms with Gasteiger partial charge in [-0.3, -0.25) is 4.79 Å². The fourth-order valence-corrected chi connectivity index (χ4v) is 2.25. The van der Waals surface area contributed by atoms with Crippen molar-refractivity contribution in [1.82, 2.24) is 15.0 Å². The second-order valence-corrected chi connectivity index (χ2v) is 5.61. The molecule has 0 spiro atoms. The Morgan fingerprint density at radius 2 is 2.04 bits per heavy atom. The van der Waals surface area contributed by atoms with Gasteiger partial charge in [-0.05, 0) is 36.3 Å². The van der Waals surface area contributed by atoms with Crippen LogP contribution in [-0.4, -0.2) is 20.9 Å². The zero-order valence-electron chi connectivity index (χ0n) is 13.7. The number of nitrogens with zero attached hydrogens (tertiary/aromatic N) is 3. The first-order chi connectivity index (χ1) is 12.1. The first-order valence-corrected chi connectivity index (χ1v) is 7.79. The number of hydrogen-bond acceptors (Lipinski definition) is 3. The molecule has 3 aromatic rings. The van der Waals surface area contributed by atoms with Crippen LogP contribution >= 0.6 is 0 Å². The smallest absolute Gasteiger partial charge is 0.248 e. The number of amides is 1. The van der Waals surface area contributed by atoms with Gasteiger partial charge in [0.1, 0.15) is 11.5 Å². The first-order valence-electron chi connectivity index (χ1n) is 7.79. The van der Waals surface area contributed by atoms with E-state index in [4.69, 9.17) is 0 Å². The molecule has 0 unspecified atom stereocenters. The van der Waals surface area contributed by atoms with Crippen molar-refractivity contribution in [3.63, 3.8) is 0 Å². The largest absolute Gasteiger partial charge is 0.322 e. The van der Waals surface area contributed by atoms with Gasteiger partial charge < -0.3 is 5.32 Å². The molecule has 126 valence electrons. The van der Waals surface area contributed by atoms with Gasteiger partial charge in [0, 0.05) is 11.8 Å². The van der Waals surface area contributed by atoms with Crippen molar-refractivity contribution in [1.29, 1.82) is 0 Å². The molecule has 6 heteroatoms. The molecule has 1 N–H and O–H groups in total. The summed E-state index contributed by atoms with van der Waals surface area (Å²) in [4.78, 5) is 11.9. The Hall–Kier alpha value is -3.28. The number of aromatic nitrogens is 3. The highest BCUT2D eigenvalue weighted by molar-refractivity contribution is 6.01. The number of anilines is 1. The van der Waals surface area contributed by atoms with E-state index in [1.54, 1.807) is 36.0 Å². The van der Waals surface area contributed by atoms with E-state index in [1.807, 2.05) is 30.3 Å². The predicted octanol–water partition coefficient (Wildman–Crippen LogP) is 3.43. The molecule has 3 rings (SSSR count). The number of rotatable bonds is 5. The lowest BCUT2D eigenvalue weighted by Crippen LogP contribution is -2.08. The minimum Gasteiger partial charge on any atom is -0.322 e. The van der Waals surface area contributed by atoms with Crippen LogP contribution in [0.5, 0.6) is 0 Å². The van der Waals surface area contributed by atoms with Crippen LogP contribution in [-0.2, 0) is 11.3 Å². The molecule has 1 aromatic heterocycles. The summed E-state index contributed by atoms with van der Waals surface area (Å²) in [5.74, 6) is -0.716. The quantitative estimate of drug-likeness (QED) is 0.726. The minimum atomic E-state index is -0.360. The topological polar surface area (TPSA) is 59.8 Å². The molecule has 0 atom stereocenters.